The van der Waals surface area contributed by atoms with Gasteiger partial charge in [-0.3, -0.25) is 4.79 Å². The molecule has 1 rings (SSSR count). The highest BCUT2D eigenvalue weighted by Crippen LogP contribution is 2.13. The highest BCUT2D eigenvalue weighted by Gasteiger charge is 2.18. The molecule has 17 heavy (non-hydrogen) atoms. The molecule has 0 bridgehead atoms. The topological polar surface area (TPSA) is 58.6 Å². The number of aliphatic hydroxyl groups excluding tert-OH is 1. The van der Waals surface area contributed by atoms with E-state index in [-0.39, 0.29) is 11.5 Å². The lowest BCUT2D eigenvalue weighted by Crippen LogP contribution is -2.35. The molecule has 0 aromatic carbocycles. The molecule has 0 saturated carbocycles. The second kappa shape index (κ2) is 8.10. The number of carbonyl (C=O) groups excluding carboxylic acids is 1. The van der Waals surface area contributed by atoms with Crippen LogP contribution in [0.3, 0.4) is 0 Å². The van der Waals surface area contributed by atoms with Gasteiger partial charge in [0, 0.05) is 12.5 Å². The van der Waals surface area contributed by atoms with Crippen LogP contribution in [0.2, 0.25) is 0 Å². The zero-order valence-corrected chi connectivity index (χ0v) is 10.9. The maximum Gasteiger partial charge on any atom is 0.293 e. The number of hydrogen-bond acceptors (Lipinski definition) is 4. The molecule has 0 amide bonds. The SMILES string of the molecule is C#CC(O)C1CCCNC1.CC(C)(C)OC=O. The van der Waals surface area contributed by atoms with E-state index in [0.29, 0.717) is 6.47 Å². The van der Waals surface area contributed by atoms with Crippen molar-refractivity contribution in [2.24, 2.45) is 5.92 Å². The molecule has 2 N–H and O–H groups in total. The first-order valence-electron chi connectivity index (χ1n) is 5.87. The Kier molecular flexibility index (Phi) is 7.60. The van der Waals surface area contributed by atoms with Crippen LogP contribution in [0.15, 0.2) is 0 Å². The summed E-state index contributed by atoms with van der Waals surface area (Å²) in [4.78, 5) is 9.60. The van der Waals surface area contributed by atoms with Crippen LogP contribution < -0.4 is 5.32 Å². The summed E-state index contributed by atoms with van der Waals surface area (Å²) in [5.41, 5.74) is -0.318. The van der Waals surface area contributed by atoms with Gasteiger partial charge in [-0.05, 0) is 40.2 Å². The van der Waals surface area contributed by atoms with Crippen molar-refractivity contribution in [2.45, 2.75) is 45.3 Å². The zero-order valence-electron chi connectivity index (χ0n) is 10.9. The van der Waals surface area contributed by atoms with Crippen LogP contribution in [0.1, 0.15) is 33.6 Å². The number of ether oxygens (including phenoxy) is 1. The van der Waals surface area contributed by atoms with E-state index >= 15 is 0 Å². The second-order valence-electron chi connectivity index (χ2n) is 5.04. The predicted octanol–water partition coefficient (Wildman–Crippen LogP) is 0.938. The number of hydrogen-bond donors (Lipinski definition) is 2. The van der Waals surface area contributed by atoms with Crippen LogP contribution in [0.4, 0.5) is 0 Å². The number of carbonyl (C=O) groups is 1. The first-order valence-corrected chi connectivity index (χ1v) is 5.87. The van der Waals surface area contributed by atoms with E-state index in [1.807, 2.05) is 20.8 Å². The summed E-state index contributed by atoms with van der Waals surface area (Å²) in [6.07, 6.45) is 6.71. The summed E-state index contributed by atoms with van der Waals surface area (Å²) >= 11 is 0. The first-order chi connectivity index (χ1) is 7.90. The molecule has 0 radical (unpaired) electrons. The van der Waals surface area contributed by atoms with E-state index < -0.39 is 6.10 Å². The molecule has 1 aliphatic heterocycles. The van der Waals surface area contributed by atoms with Gasteiger partial charge in [0.1, 0.15) is 11.7 Å². The predicted molar refractivity (Wildman–Crippen MR) is 67.3 cm³/mol. The lowest BCUT2D eigenvalue weighted by atomic mass is 9.94. The standard InChI is InChI=1S/C8H13NO.C5H10O2/c1-2-8(10)7-4-3-5-9-6-7;1-5(2,3)7-4-6/h1,7-10H,3-6H2;4H,1-3H3. The molecule has 0 aliphatic carbocycles. The van der Waals surface area contributed by atoms with E-state index in [1.54, 1.807) is 0 Å². The molecular formula is C13H23NO3. The van der Waals surface area contributed by atoms with Gasteiger partial charge in [-0.2, -0.15) is 0 Å². The summed E-state index contributed by atoms with van der Waals surface area (Å²) < 4.78 is 4.55. The number of rotatable bonds is 2. The maximum atomic E-state index is 9.60. The molecule has 2 unspecified atom stereocenters. The van der Waals surface area contributed by atoms with E-state index in [0.717, 1.165) is 25.9 Å². The van der Waals surface area contributed by atoms with Crippen molar-refractivity contribution in [3.8, 4) is 12.3 Å². The van der Waals surface area contributed by atoms with Crippen LogP contribution in [-0.4, -0.2) is 36.4 Å². The lowest BCUT2D eigenvalue weighted by molar-refractivity contribution is -0.138. The van der Waals surface area contributed by atoms with Crippen LogP contribution in [0, 0.1) is 18.3 Å². The molecule has 4 heteroatoms. The third-order valence-corrected chi connectivity index (χ3v) is 2.35. The number of piperidine rings is 1. The van der Waals surface area contributed by atoms with Crippen molar-refractivity contribution in [1.29, 1.82) is 0 Å². The minimum absolute atomic E-state index is 0.277. The van der Waals surface area contributed by atoms with Gasteiger partial charge >= 0.3 is 0 Å². The summed E-state index contributed by atoms with van der Waals surface area (Å²) in [7, 11) is 0. The fraction of sp³-hybridized carbons (Fsp3) is 0.769. The molecule has 1 heterocycles. The van der Waals surface area contributed by atoms with Crippen LogP contribution in [0.5, 0.6) is 0 Å². The molecule has 0 aromatic rings. The molecule has 2 atom stereocenters. The van der Waals surface area contributed by atoms with Gasteiger partial charge in [0.05, 0.1) is 0 Å². The van der Waals surface area contributed by atoms with Crippen molar-refractivity contribution in [2.75, 3.05) is 13.1 Å². The fourth-order valence-electron chi connectivity index (χ4n) is 1.43. The van der Waals surface area contributed by atoms with Crippen molar-refractivity contribution in [1.82, 2.24) is 5.32 Å². The molecular weight excluding hydrogens is 218 g/mol. The van der Waals surface area contributed by atoms with Crippen molar-refractivity contribution in [3.05, 3.63) is 0 Å². The Labute approximate surface area is 104 Å². The van der Waals surface area contributed by atoms with Gasteiger partial charge < -0.3 is 15.2 Å². The number of terminal acetylenes is 1. The quantitative estimate of drug-likeness (QED) is 0.558. The maximum absolute atomic E-state index is 9.60. The Morgan fingerprint density at radius 3 is 2.53 bits per heavy atom. The zero-order chi connectivity index (χ0) is 13.3. The molecule has 98 valence electrons. The normalized spacial score (nSPS) is 21.5. The van der Waals surface area contributed by atoms with Gasteiger partial charge in [-0.15, -0.1) is 6.42 Å². The van der Waals surface area contributed by atoms with E-state index in [2.05, 4.69) is 16.0 Å². The number of nitrogens with one attached hydrogen (secondary N) is 1. The molecule has 1 saturated heterocycles. The van der Waals surface area contributed by atoms with Gasteiger partial charge in [0.15, 0.2) is 0 Å². The van der Waals surface area contributed by atoms with E-state index in [1.165, 1.54) is 0 Å². The van der Waals surface area contributed by atoms with E-state index in [4.69, 9.17) is 6.42 Å². The lowest BCUT2D eigenvalue weighted by Gasteiger charge is -2.24. The monoisotopic (exact) mass is 241 g/mol. The van der Waals surface area contributed by atoms with Gasteiger partial charge in [-0.1, -0.05) is 5.92 Å². The summed E-state index contributed by atoms with van der Waals surface area (Å²) in [5, 5.41) is 12.4. The number of aliphatic hydroxyl groups is 1. The molecule has 0 aromatic heterocycles. The van der Waals surface area contributed by atoms with Crippen molar-refractivity contribution < 1.29 is 14.6 Å². The minimum atomic E-state index is -0.548. The highest BCUT2D eigenvalue weighted by molar-refractivity contribution is 5.37. The third-order valence-electron chi connectivity index (χ3n) is 2.35. The van der Waals surface area contributed by atoms with Crippen molar-refractivity contribution in [3.63, 3.8) is 0 Å². The average Bonchev–Trinajstić information content (AvgIpc) is 2.28. The van der Waals surface area contributed by atoms with Gasteiger partial charge in [0.25, 0.3) is 6.47 Å². The molecule has 1 fully saturated rings. The average molecular weight is 241 g/mol. The Morgan fingerprint density at radius 2 is 2.24 bits per heavy atom. The second-order valence-corrected chi connectivity index (χ2v) is 5.04. The summed E-state index contributed by atoms with van der Waals surface area (Å²) in [6.45, 7) is 7.85. The van der Waals surface area contributed by atoms with Crippen LogP contribution in [-0.2, 0) is 9.53 Å². The Hall–Kier alpha value is -1.05. The van der Waals surface area contributed by atoms with Crippen molar-refractivity contribution >= 4 is 6.47 Å². The van der Waals surface area contributed by atoms with Gasteiger partial charge in [-0.25, -0.2) is 0 Å². The molecule has 0 spiro atoms. The largest absolute Gasteiger partial charge is 0.462 e. The Morgan fingerprint density at radius 1 is 1.59 bits per heavy atom. The fourth-order valence-corrected chi connectivity index (χ4v) is 1.43. The minimum Gasteiger partial charge on any atom is -0.462 e. The molecule has 4 nitrogen and oxygen atoms in total. The summed E-state index contributed by atoms with van der Waals surface area (Å²) in [5.74, 6) is 2.63. The Bertz CT molecular complexity index is 246. The van der Waals surface area contributed by atoms with Crippen LogP contribution >= 0.6 is 0 Å². The first kappa shape index (κ1) is 16.0. The van der Waals surface area contributed by atoms with Gasteiger partial charge in [0.2, 0.25) is 0 Å². The molecule has 1 aliphatic rings. The smallest absolute Gasteiger partial charge is 0.293 e. The van der Waals surface area contributed by atoms with E-state index in [9.17, 15) is 9.90 Å². The Balaban J connectivity index is 0.000000325. The summed E-state index contributed by atoms with van der Waals surface area (Å²) in [6, 6.07) is 0. The third kappa shape index (κ3) is 8.73. The van der Waals surface area contributed by atoms with Crippen LogP contribution in [0.25, 0.3) is 0 Å². The highest BCUT2D eigenvalue weighted by atomic mass is 16.5.